The fourth-order valence-corrected chi connectivity index (χ4v) is 2.74. The summed E-state index contributed by atoms with van der Waals surface area (Å²) in [6.45, 7) is 4.14. The van der Waals surface area contributed by atoms with Crippen molar-refractivity contribution in [3.05, 3.63) is 88.7 Å². The van der Waals surface area contributed by atoms with Gasteiger partial charge in [0.1, 0.15) is 18.2 Å². The highest BCUT2D eigenvalue weighted by molar-refractivity contribution is 6.35. The highest BCUT2D eigenvalue weighted by Gasteiger charge is 2.13. The van der Waals surface area contributed by atoms with Crippen molar-refractivity contribution in [1.82, 2.24) is 9.55 Å². The van der Waals surface area contributed by atoms with E-state index in [1.807, 2.05) is 0 Å². The van der Waals surface area contributed by atoms with Crippen LogP contribution in [-0.4, -0.2) is 9.55 Å². The Kier molecular flexibility index (Phi) is 4.88. The molecule has 0 spiro atoms. The molecule has 0 saturated heterocycles. The second-order valence-corrected chi connectivity index (χ2v) is 5.86. The third-order valence-electron chi connectivity index (χ3n) is 3.50. The van der Waals surface area contributed by atoms with Crippen LogP contribution >= 0.6 is 23.2 Å². The predicted octanol–water partition coefficient (Wildman–Crippen LogP) is 5.43. The van der Waals surface area contributed by atoms with Crippen LogP contribution in [0.5, 0.6) is 5.75 Å². The summed E-state index contributed by atoms with van der Waals surface area (Å²) in [5.74, 6) is 0.0977. The van der Waals surface area contributed by atoms with Gasteiger partial charge in [-0.1, -0.05) is 35.8 Å². The van der Waals surface area contributed by atoms with Gasteiger partial charge in [0.05, 0.1) is 12.0 Å². The third-order valence-corrected chi connectivity index (χ3v) is 4.21. The van der Waals surface area contributed by atoms with Crippen molar-refractivity contribution < 1.29 is 9.13 Å². The number of aromatic nitrogens is 2. The van der Waals surface area contributed by atoms with Crippen molar-refractivity contribution in [2.24, 2.45) is 0 Å². The molecule has 0 atom stereocenters. The molecule has 0 bridgehead atoms. The zero-order valence-electron chi connectivity index (χ0n) is 12.5. The monoisotopic (exact) mass is 362 g/mol. The van der Waals surface area contributed by atoms with Crippen LogP contribution in [0.2, 0.25) is 10.0 Å². The number of imidazole rings is 1. The zero-order valence-corrected chi connectivity index (χ0v) is 14.1. The van der Waals surface area contributed by atoms with Crippen LogP contribution in [0.15, 0.2) is 61.7 Å². The van der Waals surface area contributed by atoms with Gasteiger partial charge < -0.3 is 9.30 Å². The fraction of sp³-hybridized carbons (Fsp3) is 0.0556. The van der Waals surface area contributed by atoms with E-state index in [9.17, 15) is 4.39 Å². The first kappa shape index (κ1) is 16.6. The molecule has 3 aromatic rings. The Morgan fingerprint density at radius 3 is 2.62 bits per heavy atom. The molecule has 24 heavy (non-hydrogen) atoms. The summed E-state index contributed by atoms with van der Waals surface area (Å²) in [6, 6.07) is 9.49. The SMILES string of the molecule is C=C(c1cc(F)ccc1OCc1c(Cl)cccc1Cl)n1ccnc1. The van der Waals surface area contributed by atoms with Crippen molar-refractivity contribution in [3.63, 3.8) is 0 Å². The van der Waals surface area contributed by atoms with E-state index in [2.05, 4.69) is 11.6 Å². The van der Waals surface area contributed by atoms with Gasteiger partial charge >= 0.3 is 0 Å². The minimum atomic E-state index is -0.380. The van der Waals surface area contributed by atoms with E-state index >= 15 is 0 Å². The number of benzene rings is 2. The van der Waals surface area contributed by atoms with Gasteiger partial charge in [0, 0.05) is 33.6 Å². The van der Waals surface area contributed by atoms with Crippen LogP contribution in [0.25, 0.3) is 5.70 Å². The fourth-order valence-electron chi connectivity index (χ4n) is 2.23. The molecular weight excluding hydrogens is 350 g/mol. The van der Waals surface area contributed by atoms with Crippen LogP contribution in [0.1, 0.15) is 11.1 Å². The van der Waals surface area contributed by atoms with Gasteiger partial charge in [0.2, 0.25) is 0 Å². The number of hydrogen-bond acceptors (Lipinski definition) is 2. The molecule has 0 N–H and O–H groups in total. The molecule has 3 rings (SSSR count). The van der Waals surface area contributed by atoms with E-state index in [0.29, 0.717) is 32.6 Å². The summed E-state index contributed by atoms with van der Waals surface area (Å²) in [5.41, 5.74) is 1.74. The molecule has 0 unspecified atom stereocenters. The third kappa shape index (κ3) is 3.45. The van der Waals surface area contributed by atoms with Crippen molar-refractivity contribution in [1.29, 1.82) is 0 Å². The minimum absolute atomic E-state index is 0.161. The number of rotatable bonds is 5. The lowest BCUT2D eigenvalue weighted by Crippen LogP contribution is -2.03. The van der Waals surface area contributed by atoms with Gasteiger partial charge in [-0.2, -0.15) is 0 Å². The van der Waals surface area contributed by atoms with E-state index in [-0.39, 0.29) is 12.4 Å². The van der Waals surface area contributed by atoms with Gasteiger partial charge in [0.25, 0.3) is 0 Å². The number of hydrogen-bond donors (Lipinski definition) is 0. The highest BCUT2D eigenvalue weighted by atomic mass is 35.5. The van der Waals surface area contributed by atoms with Crippen LogP contribution in [0, 0.1) is 5.82 Å². The smallest absolute Gasteiger partial charge is 0.129 e. The zero-order chi connectivity index (χ0) is 17.1. The van der Waals surface area contributed by atoms with E-state index in [0.717, 1.165) is 0 Å². The van der Waals surface area contributed by atoms with Crippen molar-refractivity contribution in [2.75, 3.05) is 0 Å². The highest BCUT2D eigenvalue weighted by Crippen LogP contribution is 2.30. The summed E-state index contributed by atoms with van der Waals surface area (Å²) in [6.07, 6.45) is 4.93. The lowest BCUT2D eigenvalue weighted by molar-refractivity contribution is 0.305. The minimum Gasteiger partial charge on any atom is -0.488 e. The molecule has 0 amide bonds. The first-order valence-corrected chi connectivity index (χ1v) is 7.84. The summed E-state index contributed by atoms with van der Waals surface area (Å²) in [5, 5.41) is 1.03. The standard InChI is InChI=1S/C18H13Cl2FN2O/c1-12(23-8-7-22-11-23)14-9-13(21)5-6-18(14)24-10-15-16(19)3-2-4-17(15)20/h2-9,11H,1,10H2. The van der Waals surface area contributed by atoms with Gasteiger partial charge in [-0.25, -0.2) is 9.37 Å². The van der Waals surface area contributed by atoms with Gasteiger partial charge in [-0.3, -0.25) is 0 Å². The van der Waals surface area contributed by atoms with Crippen LogP contribution in [-0.2, 0) is 6.61 Å². The number of halogens is 3. The Balaban J connectivity index is 1.90. The van der Waals surface area contributed by atoms with Gasteiger partial charge in [-0.15, -0.1) is 0 Å². The summed E-state index contributed by atoms with van der Waals surface area (Å²) in [7, 11) is 0. The molecule has 0 saturated carbocycles. The largest absolute Gasteiger partial charge is 0.488 e. The molecule has 3 nitrogen and oxygen atoms in total. The number of nitrogens with zero attached hydrogens (tertiary/aromatic N) is 2. The summed E-state index contributed by atoms with van der Waals surface area (Å²) < 4.78 is 21.2. The molecule has 0 aliphatic carbocycles. The Hall–Kier alpha value is -2.30. The molecule has 2 aromatic carbocycles. The average molecular weight is 363 g/mol. The molecule has 1 heterocycles. The lowest BCUT2D eigenvalue weighted by Gasteiger charge is -2.15. The Bertz CT molecular complexity index is 858. The summed E-state index contributed by atoms with van der Waals surface area (Å²) in [4.78, 5) is 3.97. The van der Waals surface area contributed by atoms with E-state index < -0.39 is 0 Å². The normalized spacial score (nSPS) is 10.6. The molecule has 0 radical (unpaired) electrons. The second kappa shape index (κ2) is 7.07. The Labute approximate surface area is 148 Å². The second-order valence-electron chi connectivity index (χ2n) is 5.05. The quantitative estimate of drug-likeness (QED) is 0.605. The van der Waals surface area contributed by atoms with Crippen LogP contribution in [0.4, 0.5) is 4.39 Å². The number of ether oxygens (including phenoxy) is 1. The van der Waals surface area contributed by atoms with E-state index in [1.165, 1.54) is 12.1 Å². The Morgan fingerprint density at radius 2 is 1.96 bits per heavy atom. The topological polar surface area (TPSA) is 27.1 Å². The van der Waals surface area contributed by atoms with Crippen LogP contribution < -0.4 is 4.74 Å². The first-order chi connectivity index (χ1) is 11.6. The molecule has 0 fully saturated rings. The Morgan fingerprint density at radius 1 is 1.21 bits per heavy atom. The predicted molar refractivity (Wildman–Crippen MR) is 93.9 cm³/mol. The maximum atomic E-state index is 13.7. The maximum Gasteiger partial charge on any atom is 0.129 e. The van der Waals surface area contributed by atoms with Crippen molar-refractivity contribution in [2.45, 2.75) is 6.61 Å². The lowest BCUT2D eigenvalue weighted by atomic mass is 10.1. The van der Waals surface area contributed by atoms with Gasteiger partial charge in [-0.05, 0) is 30.3 Å². The van der Waals surface area contributed by atoms with E-state index in [1.54, 1.807) is 47.6 Å². The van der Waals surface area contributed by atoms with Crippen molar-refractivity contribution >= 4 is 28.9 Å². The van der Waals surface area contributed by atoms with Crippen molar-refractivity contribution in [3.8, 4) is 5.75 Å². The van der Waals surface area contributed by atoms with Gasteiger partial charge in [0.15, 0.2) is 0 Å². The first-order valence-electron chi connectivity index (χ1n) is 7.09. The summed E-state index contributed by atoms with van der Waals surface area (Å²) >= 11 is 12.3. The molecule has 122 valence electrons. The molecule has 0 aliphatic rings. The van der Waals surface area contributed by atoms with Crippen LogP contribution in [0.3, 0.4) is 0 Å². The maximum absolute atomic E-state index is 13.7. The van der Waals surface area contributed by atoms with E-state index in [4.69, 9.17) is 27.9 Å². The molecule has 6 heteroatoms. The molecular formula is C18H13Cl2FN2O. The molecule has 1 aromatic heterocycles. The molecule has 0 aliphatic heterocycles. The average Bonchev–Trinajstić information content (AvgIpc) is 3.09.